The Kier molecular flexibility index (Phi) is 7.67. The van der Waals surface area contributed by atoms with Crippen molar-refractivity contribution in [3.63, 3.8) is 0 Å². The Morgan fingerprint density at radius 2 is 1.68 bits per heavy atom. The molecule has 1 aromatic heterocycles. The van der Waals surface area contributed by atoms with Crippen molar-refractivity contribution in [1.29, 1.82) is 0 Å². The number of sulfonamides is 1. The van der Waals surface area contributed by atoms with Crippen molar-refractivity contribution in [2.24, 2.45) is 0 Å². The zero-order valence-electron chi connectivity index (χ0n) is 18.5. The van der Waals surface area contributed by atoms with Crippen molar-refractivity contribution in [3.05, 3.63) is 114 Å². The van der Waals surface area contributed by atoms with Gasteiger partial charge in [0.05, 0.1) is 18.8 Å². The number of allylic oxidation sites excluding steroid dienone is 2. The van der Waals surface area contributed by atoms with Crippen LogP contribution in [-0.2, 0) is 21.3 Å². The molecule has 2 aromatic carbocycles. The Bertz CT molecular complexity index is 1240. The highest BCUT2D eigenvalue weighted by atomic mass is 35.5. The second-order valence-electron chi connectivity index (χ2n) is 7.81. The molecular weight excluding hydrogens is 470 g/mol. The zero-order valence-corrected chi connectivity index (χ0v) is 20.1. The molecule has 0 aliphatic heterocycles. The highest BCUT2D eigenvalue weighted by molar-refractivity contribution is 7.94. The van der Waals surface area contributed by atoms with Crippen molar-refractivity contribution in [2.45, 2.75) is 17.9 Å². The number of anilines is 2. The van der Waals surface area contributed by atoms with E-state index in [4.69, 9.17) is 16.3 Å². The molecule has 1 aliphatic carbocycles. The predicted molar refractivity (Wildman–Crippen MR) is 137 cm³/mol. The van der Waals surface area contributed by atoms with E-state index in [2.05, 4.69) is 10.3 Å². The lowest BCUT2D eigenvalue weighted by Crippen LogP contribution is -2.50. The SMILES string of the molecule is O=S(=O)(N(Cc1ccccc1)c1ccccc1)C1(OCCNc2ccncc2)C=CC=C(Cl)C1. The van der Waals surface area contributed by atoms with Gasteiger partial charge in [-0.05, 0) is 42.0 Å². The lowest BCUT2D eigenvalue weighted by Gasteiger charge is -2.38. The molecule has 6 nitrogen and oxygen atoms in total. The van der Waals surface area contributed by atoms with Gasteiger partial charge >= 0.3 is 0 Å². The molecule has 8 heteroatoms. The van der Waals surface area contributed by atoms with Crippen molar-refractivity contribution in [1.82, 2.24) is 4.98 Å². The summed E-state index contributed by atoms with van der Waals surface area (Å²) < 4.78 is 36.1. The van der Waals surface area contributed by atoms with Crippen LogP contribution in [0.3, 0.4) is 0 Å². The maximum absolute atomic E-state index is 14.3. The van der Waals surface area contributed by atoms with E-state index in [1.54, 1.807) is 42.8 Å². The molecule has 0 saturated heterocycles. The molecule has 1 aliphatic rings. The number of para-hydroxylation sites is 1. The van der Waals surface area contributed by atoms with Crippen LogP contribution in [-0.4, -0.2) is 31.5 Å². The Morgan fingerprint density at radius 3 is 2.35 bits per heavy atom. The molecule has 0 fully saturated rings. The highest BCUT2D eigenvalue weighted by Gasteiger charge is 2.48. The van der Waals surface area contributed by atoms with Crippen LogP contribution in [0.1, 0.15) is 12.0 Å². The van der Waals surface area contributed by atoms with E-state index in [1.807, 2.05) is 60.7 Å². The summed E-state index contributed by atoms with van der Waals surface area (Å²) in [5.41, 5.74) is 2.30. The second kappa shape index (κ2) is 10.9. The third-order valence-electron chi connectivity index (χ3n) is 5.44. The maximum Gasteiger partial charge on any atom is 0.269 e. The van der Waals surface area contributed by atoms with E-state index >= 15 is 0 Å². The average Bonchev–Trinajstić information content (AvgIpc) is 2.87. The second-order valence-corrected chi connectivity index (χ2v) is 10.4. The van der Waals surface area contributed by atoms with Gasteiger partial charge in [0.15, 0.2) is 0 Å². The minimum Gasteiger partial charge on any atom is -0.383 e. The predicted octanol–water partition coefficient (Wildman–Crippen LogP) is 5.33. The lowest BCUT2D eigenvalue weighted by atomic mass is 10.1. The van der Waals surface area contributed by atoms with Gasteiger partial charge in [0.1, 0.15) is 0 Å². The first-order valence-electron chi connectivity index (χ1n) is 10.9. The van der Waals surface area contributed by atoms with Crippen molar-refractivity contribution < 1.29 is 13.2 Å². The number of rotatable bonds is 10. The molecule has 1 heterocycles. The Labute approximate surface area is 205 Å². The van der Waals surface area contributed by atoms with Crippen molar-refractivity contribution >= 4 is 33.0 Å². The normalized spacial score (nSPS) is 17.7. The van der Waals surface area contributed by atoms with Crippen LogP contribution in [0.25, 0.3) is 0 Å². The summed E-state index contributed by atoms with van der Waals surface area (Å²) in [5, 5.41) is 3.64. The first kappa shape index (κ1) is 24.0. The number of hydrogen-bond acceptors (Lipinski definition) is 5. The number of benzene rings is 2. The summed E-state index contributed by atoms with van der Waals surface area (Å²) in [6.45, 7) is 0.743. The van der Waals surface area contributed by atoms with Gasteiger partial charge in [0.2, 0.25) is 4.93 Å². The molecule has 1 N–H and O–H groups in total. The summed E-state index contributed by atoms with van der Waals surface area (Å²) in [5.74, 6) is 0. The quantitative estimate of drug-likeness (QED) is 0.385. The minimum absolute atomic E-state index is 0.0285. The number of pyridine rings is 1. The van der Waals surface area contributed by atoms with Crippen LogP contribution in [0.15, 0.2) is 108 Å². The summed E-state index contributed by atoms with van der Waals surface area (Å²) in [4.78, 5) is 2.36. The number of hydrogen-bond donors (Lipinski definition) is 1. The van der Waals surface area contributed by atoms with Crippen LogP contribution < -0.4 is 9.62 Å². The molecular formula is C26H26ClN3O3S. The van der Waals surface area contributed by atoms with Gasteiger partial charge in [-0.15, -0.1) is 0 Å². The highest BCUT2D eigenvalue weighted by Crippen LogP contribution is 2.38. The van der Waals surface area contributed by atoms with E-state index in [0.717, 1.165) is 11.3 Å². The van der Waals surface area contributed by atoms with Crippen LogP contribution in [0.2, 0.25) is 0 Å². The summed E-state index contributed by atoms with van der Waals surface area (Å²) in [6.07, 6.45) is 8.32. The van der Waals surface area contributed by atoms with Crippen molar-refractivity contribution in [3.8, 4) is 0 Å². The minimum atomic E-state index is -4.05. The number of nitrogens with one attached hydrogen (secondary N) is 1. The third-order valence-corrected chi connectivity index (χ3v) is 7.89. The topological polar surface area (TPSA) is 71.5 Å². The van der Waals surface area contributed by atoms with Gasteiger partial charge in [0.25, 0.3) is 10.0 Å². The van der Waals surface area contributed by atoms with E-state index in [0.29, 0.717) is 17.3 Å². The molecule has 0 saturated carbocycles. The molecule has 0 spiro atoms. The van der Waals surface area contributed by atoms with E-state index in [-0.39, 0.29) is 19.6 Å². The first-order valence-corrected chi connectivity index (χ1v) is 12.7. The number of ether oxygens (including phenoxy) is 1. The molecule has 3 aromatic rings. The van der Waals surface area contributed by atoms with Gasteiger partial charge in [-0.25, -0.2) is 8.42 Å². The Morgan fingerprint density at radius 1 is 1.00 bits per heavy atom. The maximum atomic E-state index is 14.3. The fraction of sp³-hybridized carbons (Fsp3) is 0.192. The molecule has 34 heavy (non-hydrogen) atoms. The standard InChI is InChI=1S/C26H26ClN3O3S/c27-23-10-7-15-26(20-23,33-19-18-29-24-13-16-28-17-14-24)34(31,32)30(25-11-5-2-6-12-25)21-22-8-3-1-4-9-22/h1-17H,18-21H2,(H,28,29). The molecule has 176 valence electrons. The summed E-state index contributed by atoms with van der Waals surface area (Å²) in [6, 6.07) is 22.2. The molecule has 1 unspecified atom stereocenters. The molecule has 1 atom stereocenters. The number of halogens is 1. The van der Waals surface area contributed by atoms with Gasteiger partial charge in [-0.1, -0.05) is 66.2 Å². The molecule has 0 amide bonds. The molecule has 4 rings (SSSR count). The monoisotopic (exact) mass is 495 g/mol. The van der Waals surface area contributed by atoms with Crippen molar-refractivity contribution in [2.75, 3.05) is 22.8 Å². The molecule has 0 bridgehead atoms. The first-order chi connectivity index (χ1) is 16.5. The smallest absolute Gasteiger partial charge is 0.269 e. The van der Waals surface area contributed by atoms with Crippen LogP contribution in [0, 0.1) is 0 Å². The van der Waals surface area contributed by atoms with E-state index in [1.165, 1.54) is 4.31 Å². The van der Waals surface area contributed by atoms with Crippen LogP contribution >= 0.6 is 11.6 Å². The fourth-order valence-corrected chi connectivity index (χ4v) is 6.00. The van der Waals surface area contributed by atoms with Crippen LogP contribution in [0.5, 0.6) is 0 Å². The van der Waals surface area contributed by atoms with Gasteiger partial charge < -0.3 is 10.1 Å². The number of aromatic nitrogens is 1. The van der Waals surface area contributed by atoms with Gasteiger partial charge in [0, 0.05) is 36.1 Å². The van der Waals surface area contributed by atoms with Gasteiger partial charge in [-0.2, -0.15) is 0 Å². The summed E-state index contributed by atoms with van der Waals surface area (Å²) in [7, 11) is -4.05. The number of nitrogens with zero attached hydrogens (tertiary/aromatic N) is 2. The third kappa shape index (κ3) is 5.50. The Balaban J connectivity index is 1.63. The van der Waals surface area contributed by atoms with Gasteiger partial charge in [-0.3, -0.25) is 9.29 Å². The van der Waals surface area contributed by atoms with Crippen LogP contribution in [0.4, 0.5) is 11.4 Å². The van der Waals surface area contributed by atoms with E-state index in [9.17, 15) is 8.42 Å². The Hall–Kier alpha value is -3.13. The summed E-state index contributed by atoms with van der Waals surface area (Å²) >= 11 is 6.35. The zero-order chi connectivity index (χ0) is 23.9. The molecule has 0 radical (unpaired) electrons. The lowest BCUT2D eigenvalue weighted by molar-refractivity contribution is 0.0592. The largest absolute Gasteiger partial charge is 0.383 e. The average molecular weight is 496 g/mol. The fourth-order valence-electron chi connectivity index (χ4n) is 3.74. The van der Waals surface area contributed by atoms with E-state index < -0.39 is 15.0 Å².